The summed E-state index contributed by atoms with van der Waals surface area (Å²) in [6.45, 7) is 13.9. The van der Waals surface area contributed by atoms with Crippen molar-refractivity contribution in [3.63, 3.8) is 0 Å². The van der Waals surface area contributed by atoms with Crippen molar-refractivity contribution >= 4 is 35.2 Å². The molecule has 1 aliphatic heterocycles. The molecule has 1 aromatic heterocycles. The molecule has 0 nitrogen and oxygen atoms in total. The minimum atomic E-state index is -0.587. The zero-order chi connectivity index (χ0) is 17.9. The van der Waals surface area contributed by atoms with Crippen molar-refractivity contribution in [1.82, 2.24) is 0 Å². The Bertz CT molecular complexity index is 1000. The third kappa shape index (κ3) is 3.05. The molecule has 0 saturated heterocycles. The Labute approximate surface area is 170 Å². The van der Waals surface area contributed by atoms with E-state index in [1.807, 2.05) is 14.6 Å². The fraction of sp³-hybridized carbons (Fsp3) is 0.409. The molecule has 0 amide bonds. The summed E-state index contributed by atoms with van der Waals surface area (Å²) in [5.74, 6) is 0.629. The van der Waals surface area contributed by atoms with Crippen molar-refractivity contribution < 1.29 is 22.8 Å². The van der Waals surface area contributed by atoms with Crippen LogP contribution >= 0.6 is 23.1 Å². The van der Waals surface area contributed by atoms with Gasteiger partial charge in [0.05, 0.1) is 0 Å². The molecule has 3 heteroatoms. The number of aryl methyl sites for hydroxylation is 1. The summed E-state index contributed by atoms with van der Waals surface area (Å²) in [4.78, 5) is 3.02. The summed E-state index contributed by atoms with van der Waals surface area (Å²) < 4.78 is 5.15. The average molecular weight is 445 g/mol. The Morgan fingerprint density at radius 2 is 2.00 bits per heavy atom. The Morgan fingerprint density at radius 3 is 2.64 bits per heavy atom. The maximum absolute atomic E-state index is 2.48. The number of thiophene rings is 1. The molecule has 0 fully saturated rings. The number of rotatable bonds is 3. The number of thioether (sulfide) groups is 1. The van der Waals surface area contributed by atoms with Crippen LogP contribution in [0.2, 0.25) is 0 Å². The minimum absolute atomic E-state index is 0.587. The van der Waals surface area contributed by atoms with Gasteiger partial charge in [-0.05, 0) is 0 Å². The molecule has 2 aliphatic carbocycles. The summed E-state index contributed by atoms with van der Waals surface area (Å²) in [7, 11) is 0. The van der Waals surface area contributed by atoms with Crippen LogP contribution in [0.4, 0.5) is 0 Å². The monoisotopic (exact) mass is 443 g/mol. The van der Waals surface area contributed by atoms with Gasteiger partial charge in [0.25, 0.3) is 0 Å². The first-order valence-electron chi connectivity index (χ1n) is 9.07. The van der Waals surface area contributed by atoms with Gasteiger partial charge in [-0.3, -0.25) is 0 Å². The molecule has 4 rings (SSSR count). The number of fused-ring (bicyclic) bond motifs is 2. The Morgan fingerprint density at radius 1 is 1.24 bits per heavy atom. The quantitative estimate of drug-likeness (QED) is 0.637. The van der Waals surface area contributed by atoms with E-state index in [1.54, 1.807) is 34.6 Å². The van der Waals surface area contributed by atoms with Crippen molar-refractivity contribution in [3.05, 3.63) is 54.5 Å². The van der Waals surface area contributed by atoms with Crippen LogP contribution in [-0.2, 0) is 22.8 Å². The van der Waals surface area contributed by atoms with Crippen LogP contribution in [0.1, 0.15) is 45.9 Å². The second-order valence-corrected chi connectivity index (χ2v) is 14.7. The van der Waals surface area contributed by atoms with E-state index >= 15 is 0 Å². The molecule has 0 radical (unpaired) electrons. The van der Waals surface area contributed by atoms with E-state index in [1.165, 1.54) is 10.5 Å². The average Bonchev–Trinajstić information content (AvgIpc) is 3.23. The van der Waals surface area contributed by atoms with E-state index in [9.17, 15) is 0 Å². The van der Waals surface area contributed by atoms with Crippen molar-refractivity contribution in [2.45, 2.75) is 53.2 Å². The maximum atomic E-state index is 2.48. The topological polar surface area (TPSA) is 0 Å². The van der Waals surface area contributed by atoms with Crippen LogP contribution in [0.3, 0.4) is 0 Å². The van der Waals surface area contributed by atoms with Crippen LogP contribution in [0, 0.1) is 12.8 Å². The summed E-state index contributed by atoms with van der Waals surface area (Å²) in [5, 5.41) is 2.20. The van der Waals surface area contributed by atoms with Gasteiger partial charge in [-0.1, -0.05) is 0 Å². The SMILES string of the molecule is C[C](C)=[Zr][C]1=c2sc(C)cc2=C2C(C3=CC(C(C)C)=CC3)=C(C)SC21. The second kappa shape index (κ2) is 6.73. The van der Waals surface area contributed by atoms with Crippen LogP contribution in [0.5, 0.6) is 0 Å². The summed E-state index contributed by atoms with van der Waals surface area (Å²) in [6.07, 6.45) is 6.04. The van der Waals surface area contributed by atoms with Gasteiger partial charge < -0.3 is 0 Å². The van der Waals surface area contributed by atoms with E-state index < -0.39 is 22.8 Å². The van der Waals surface area contributed by atoms with Gasteiger partial charge in [-0.2, -0.15) is 0 Å². The predicted molar refractivity (Wildman–Crippen MR) is 111 cm³/mol. The van der Waals surface area contributed by atoms with Gasteiger partial charge in [0.1, 0.15) is 0 Å². The molecule has 1 atom stereocenters. The van der Waals surface area contributed by atoms with Gasteiger partial charge in [0.15, 0.2) is 0 Å². The molecule has 0 bridgehead atoms. The van der Waals surface area contributed by atoms with Crippen molar-refractivity contribution in [3.8, 4) is 0 Å². The number of hydrogen-bond acceptors (Lipinski definition) is 2. The Hall–Kier alpha value is -0.237. The molecule has 0 N–H and O–H groups in total. The van der Waals surface area contributed by atoms with Crippen LogP contribution in [-0.4, -0.2) is 8.46 Å². The second-order valence-electron chi connectivity index (χ2n) is 7.71. The predicted octanol–water partition coefficient (Wildman–Crippen LogP) is 4.93. The Kier molecular flexibility index (Phi) is 4.89. The molecule has 129 valence electrons. The van der Waals surface area contributed by atoms with Crippen molar-refractivity contribution in [2.24, 2.45) is 5.92 Å². The normalized spacial score (nSPS) is 21.6. The molecule has 0 saturated carbocycles. The first-order chi connectivity index (χ1) is 11.9. The summed E-state index contributed by atoms with van der Waals surface area (Å²) >= 11 is 3.59. The summed E-state index contributed by atoms with van der Waals surface area (Å²) in [5.41, 5.74) is 6.32. The zero-order valence-corrected chi connectivity index (χ0v) is 20.0. The molecule has 1 aromatic rings. The van der Waals surface area contributed by atoms with Crippen LogP contribution in [0.25, 0.3) is 8.85 Å². The van der Waals surface area contributed by atoms with Crippen LogP contribution in [0.15, 0.2) is 39.8 Å². The first kappa shape index (κ1) is 18.1. The van der Waals surface area contributed by atoms with Gasteiger partial charge >= 0.3 is 172 Å². The van der Waals surface area contributed by atoms with E-state index in [0.29, 0.717) is 11.2 Å². The molecular formula is C22H25S2Zr. The van der Waals surface area contributed by atoms with E-state index in [-0.39, 0.29) is 0 Å². The third-order valence-corrected chi connectivity index (χ3v) is 11.6. The van der Waals surface area contributed by atoms with Crippen molar-refractivity contribution in [2.75, 3.05) is 0 Å². The molecule has 25 heavy (non-hydrogen) atoms. The van der Waals surface area contributed by atoms with Crippen LogP contribution < -0.4 is 9.75 Å². The van der Waals surface area contributed by atoms with E-state index in [4.69, 9.17) is 0 Å². The molecular weight excluding hydrogens is 420 g/mol. The number of hydrogen-bond donors (Lipinski definition) is 0. The zero-order valence-electron chi connectivity index (χ0n) is 15.9. The van der Waals surface area contributed by atoms with Gasteiger partial charge in [-0.15, -0.1) is 0 Å². The van der Waals surface area contributed by atoms with Gasteiger partial charge in [-0.25, -0.2) is 0 Å². The fourth-order valence-electron chi connectivity index (χ4n) is 4.04. The first-order valence-corrected chi connectivity index (χ1v) is 13.2. The van der Waals surface area contributed by atoms with E-state index in [2.05, 4.69) is 71.5 Å². The summed E-state index contributed by atoms with van der Waals surface area (Å²) in [6, 6.07) is 2.46. The molecule has 1 unspecified atom stereocenters. The third-order valence-electron chi connectivity index (χ3n) is 5.10. The van der Waals surface area contributed by atoms with Gasteiger partial charge in [0.2, 0.25) is 0 Å². The number of allylic oxidation sites excluding steroid dienone is 6. The molecule has 0 spiro atoms. The van der Waals surface area contributed by atoms with Gasteiger partial charge in [0, 0.05) is 0 Å². The fourth-order valence-corrected chi connectivity index (χ4v) is 10.5. The molecule has 3 aliphatic rings. The van der Waals surface area contributed by atoms with E-state index in [0.717, 1.165) is 6.42 Å². The van der Waals surface area contributed by atoms with Crippen molar-refractivity contribution in [1.29, 1.82) is 0 Å². The Balaban J connectivity index is 1.90. The standard InChI is InChI=1S/C19H19S2.C3H6.Zr/c1-10(2)13-5-6-14(8-13)18-12(4)21-17-9-16-15(19(17)18)7-11(3)20-16;1-3-2;/h5,7-8,10,17H,6H2,1-4H3;1-2H3;. The molecule has 2 heterocycles. The molecule has 0 aromatic carbocycles.